The van der Waals surface area contributed by atoms with E-state index in [4.69, 9.17) is 17.3 Å². The molecular weight excluding hydrogens is 259 g/mol. The van der Waals surface area contributed by atoms with Gasteiger partial charge in [-0.2, -0.15) is 11.8 Å². The van der Waals surface area contributed by atoms with Crippen molar-refractivity contribution in [1.29, 1.82) is 0 Å². The standard InChI is InChI=1S/C12H16ClFN2S/c1-12(2)7-16(3-4-17-12)11-5-8(13)9(14)6-10(11)15/h5-6H,3-4,7,15H2,1-2H3. The van der Waals surface area contributed by atoms with Crippen LogP contribution in [-0.4, -0.2) is 23.6 Å². The highest BCUT2D eigenvalue weighted by molar-refractivity contribution is 8.00. The molecule has 0 unspecified atom stereocenters. The van der Waals surface area contributed by atoms with Gasteiger partial charge in [-0.15, -0.1) is 0 Å². The van der Waals surface area contributed by atoms with E-state index >= 15 is 0 Å². The lowest BCUT2D eigenvalue weighted by molar-refractivity contribution is 0.626. The highest BCUT2D eigenvalue weighted by atomic mass is 35.5. The number of benzene rings is 1. The van der Waals surface area contributed by atoms with Crippen LogP contribution in [0.2, 0.25) is 5.02 Å². The lowest BCUT2D eigenvalue weighted by Crippen LogP contribution is -2.43. The Morgan fingerprint density at radius 1 is 1.47 bits per heavy atom. The fourth-order valence-electron chi connectivity index (χ4n) is 2.05. The number of hydrogen-bond acceptors (Lipinski definition) is 3. The van der Waals surface area contributed by atoms with Crippen molar-refractivity contribution in [2.45, 2.75) is 18.6 Å². The molecule has 5 heteroatoms. The molecule has 17 heavy (non-hydrogen) atoms. The minimum absolute atomic E-state index is 0.130. The Morgan fingerprint density at radius 2 is 2.18 bits per heavy atom. The molecule has 0 amide bonds. The van der Waals surface area contributed by atoms with Crippen molar-refractivity contribution < 1.29 is 4.39 Å². The number of nitrogens with zero attached hydrogens (tertiary/aromatic N) is 1. The van der Waals surface area contributed by atoms with E-state index in [1.807, 2.05) is 11.8 Å². The van der Waals surface area contributed by atoms with E-state index in [1.165, 1.54) is 6.07 Å². The van der Waals surface area contributed by atoms with Gasteiger partial charge in [0.15, 0.2) is 0 Å². The van der Waals surface area contributed by atoms with Gasteiger partial charge in [-0.3, -0.25) is 0 Å². The minimum Gasteiger partial charge on any atom is -0.397 e. The van der Waals surface area contributed by atoms with E-state index in [1.54, 1.807) is 6.07 Å². The summed E-state index contributed by atoms with van der Waals surface area (Å²) in [5.74, 6) is 0.583. The van der Waals surface area contributed by atoms with Gasteiger partial charge in [0.1, 0.15) is 5.82 Å². The molecule has 0 aliphatic carbocycles. The van der Waals surface area contributed by atoms with Crippen molar-refractivity contribution in [1.82, 2.24) is 0 Å². The molecule has 1 fully saturated rings. The number of nitrogen functional groups attached to an aromatic ring is 1. The first kappa shape index (κ1) is 12.8. The highest BCUT2D eigenvalue weighted by Crippen LogP contribution is 2.36. The van der Waals surface area contributed by atoms with Crippen LogP contribution in [0, 0.1) is 5.82 Å². The maximum Gasteiger partial charge on any atom is 0.143 e. The van der Waals surface area contributed by atoms with Crippen LogP contribution >= 0.6 is 23.4 Å². The third kappa shape index (κ3) is 2.80. The highest BCUT2D eigenvalue weighted by Gasteiger charge is 2.28. The van der Waals surface area contributed by atoms with Gasteiger partial charge in [0.25, 0.3) is 0 Å². The van der Waals surface area contributed by atoms with Crippen molar-refractivity contribution in [3.63, 3.8) is 0 Å². The minimum atomic E-state index is -0.460. The molecular formula is C12H16ClFN2S. The molecule has 0 saturated carbocycles. The zero-order valence-electron chi connectivity index (χ0n) is 9.96. The van der Waals surface area contributed by atoms with Gasteiger partial charge in [-0.05, 0) is 19.9 Å². The zero-order valence-corrected chi connectivity index (χ0v) is 11.5. The molecule has 1 aliphatic rings. The van der Waals surface area contributed by atoms with E-state index in [-0.39, 0.29) is 9.77 Å². The monoisotopic (exact) mass is 274 g/mol. The van der Waals surface area contributed by atoms with Crippen molar-refractivity contribution in [2.24, 2.45) is 0 Å². The topological polar surface area (TPSA) is 29.3 Å². The second-order valence-electron chi connectivity index (χ2n) is 4.85. The summed E-state index contributed by atoms with van der Waals surface area (Å²) in [6, 6.07) is 2.92. The smallest absolute Gasteiger partial charge is 0.143 e. The molecule has 0 atom stereocenters. The maximum absolute atomic E-state index is 13.2. The van der Waals surface area contributed by atoms with Gasteiger partial charge in [0.2, 0.25) is 0 Å². The molecule has 2 rings (SSSR count). The van der Waals surface area contributed by atoms with Gasteiger partial charge in [0, 0.05) is 29.7 Å². The number of anilines is 2. The molecule has 1 aliphatic heterocycles. The summed E-state index contributed by atoms with van der Waals surface area (Å²) in [6.07, 6.45) is 0. The molecule has 0 bridgehead atoms. The Morgan fingerprint density at radius 3 is 2.82 bits per heavy atom. The zero-order chi connectivity index (χ0) is 12.6. The Bertz CT molecular complexity index is 437. The van der Waals surface area contributed by atoms with Crippen molar-refractivity contribution >= 4 is 34.7 Å². The van der Waals surface area contributed by atoms with Crippen LogP contribution in [-0.2, 0) is 0 Å². The average molecular weight is 275 g/mol. The van der Waals surface area contributed by atoms with E-state index < -0.39 is 5.82 Å². The fourth-order valence-corrected chi connectivity index (χ4v) is 3.32. The molecule has 94 valence electrons. The number of halogens is 2. The van der Waals surface area contributed by atoms with E-state index in [0.717, 1.165) is 24.5 Å². The molecule has 1 saturated heterocycles. The van der Waals surface area contributed by atoms with Crippen LogP contribution in [0.1, 0.15) is 13.8 Å². The van der Waals surface area contributed by atoms with Gasteiger partial charge >= 0.3 is 0 Å². The molecule has 2 N–H and O–H groups in total. The lowest BCUT2D eigenvalue weighted by atomic mass is 10.1. The summed E-state index contributed by atoms with van der Waals surface area (Å²) in [4.78, 5) is 2.18. The van der Waals surface area contributed by atoms with Crippen molar-refractivity contribution in [2.75, 3.05) is 29.5 Å². The number of nitrogens with two attached hydrogens (primary N) is 1. The quantitative estimate of drug-likeness (QED) is 0.796. The van der Waals surface area contributed by atoms with Crippen molar-refractivity contribution in [3.05, 3.63) is 23.0 Å². The van der Waals surface area contributed by atoms with E-state index in [0.29, 0.717) is 5.69 Å². The summed E-state index contributed by atoms with van der Waals surface area (Å²) in [5.41, 5.74) is 7.15. The predicted octanol–water partition coefficient (Wildman–Crippen LogP) is 3.39. The second kappa shape index (κ2) is 4.58. The fraction of sp³-hybridized carbons (Fsp3) is 0.500. The predicted molar refractivity (Wildman–Crippen MR) is 74.6 cm³/mol. The molecule has 1 aromatic carbocycles. The molecule has 0 spiro atoms. The van der Waals surface area contributed by atoms with Gasteiger partial charge in [-0.25, -0.2) is 4.39 Å². The van der Waals surface area contributed by atoms with Gasteiger partial charge in [-0.1, -0.05) is 11.6 Å². The Labute approximate surface area is 110 Å². The third-order valence-electron chi connectivity index (χ3n) is 2.84. The largest absolute Gasteiger partial charge is 0.397 e. The van der Waals surface area contributed by atoms with Crippen LogP contribution in [0.15, 0.2) is 12.1 Å². The van der Waals surface area contributed by atoms with Gasteiger partial charge in [0.05, 0.1) is 16.4 Å². The third-order valence-corrected chi connectivity index (χ3v) is 4.42. The molecule has 1 heterocycles. The normalized spacial score (nSPS) is 19.4. The lowest BCUT2D eigenvalue weighted by Gasteiger charge is -2.39. The average Bonchev–Trinajstić information content (AvgIpc) is 2.22. The maximum atomic E-state index is 13.2. The van der Waals surface area contributed by atoms with Crippen LogP contribution < -0.4 is 10.6 Å². The van der Waals surface area contributed by atoms with E-state index in [9.17, 15) is 4.39 Å². The summed E-state index contributed by atoms with van der Waals surface area (Å²) < 4.78 is 13.4. The summed E-state index contributed by atoms with van der Waals surface area (Å²) >= 11 is 7.76. The van der Waals surface area contributed by atoms with Crippen LogP contribution in [0.5, 0.6) is 0 Å². The number of rotatable bonds is 1. The summed E-state index contributed by atoms with van der Waals surface area (Å²) in [7, 11) is 0. The Balaban J connectivity index is 2.31. The second-order valence-corrected chi connectivity index (χ2v) is 7.06. The van der Waals surface area contributed by atoms with Gasteiger partial charge < -0.3 is 10.6 Å². The molecule has 0 aromatic heterocycles. The Hall–Kier alpha value is -0.610. The summed E-state index contributed by atoms with van der Waals surface area (Å²) in [6.45, 7) is 6.21. The first-order valence-electron chi connectivity index (χ1n) is 5.52. The van der Waals surface area contributed by atoms with Crippen molar-refractivity contribution in [3.8, 4) is 0 Å². The number of hydrogen-bond donors (Lipinski definition) is 1. The van der Waals surface area contributed by atoms with Crippen LogP contribution in [0.25, 0.3) is 0 Å². The Kier molecular flexibility index (Phi) is 3.46. The first-order valence-corrected chi connectivity index (χ1v) is 6.89. The summed E-state index contributed by atoms with van der Waals surface area (Å²) in [5, 5.41) is 0.130. The molecule has 2 nitrogen and oxygen atoms in total. The molecule has 0 radical (unpaired) electrons. The first-order chi connectivity index (χ1) is 7.89. The number of thioether (sulfide) groups is 1. The van der Waals surface area contributed by atoms with Crippen LogP contribution in [0.3, 0.4) is 0 Å². The van der Waals surface area contributed by atoms with E-state index in [2.05, 4.69) is 18.7 Å². The SMILES string of the molecule is CC1(C)CN(c2cc(Cl)c(F)cc2N)CCS1. The van der Waals surface area contributed by atoms with Crippen LogP contribution in [0.4, 0.5) is 15.8 Å². The molecule has 1 aromatic rings.